The number of hydrogen-bond acceptors (Lipinski definition) is 4. The van der Waals surface area contributed by atoms with E-state index in [0.717, 1.165) is 10.4 Å². The van der Waals surface area contributed by atoms with E-state index in [1.165, 1.54) is 11.3 Å². The number of aliphatic carboxylic acids is 1. The summed E-state index contributed by atoms with van der Waals surface area (Å²) in [5.74, 6) is -1.47. The smallest absolute Gasteiger partial charge is 0.334 e. The molecule has 1 aromatic heterocycles. The van der Waals surface area contributed by atoms with Crippen LogP contribution < -0.4 is 5.43 Å². The fraction of sp³-hybridized carbons (Fsp3) is 0.125. The van der Waals surface area contributed by atoms with Gasteiger partial charge in [0.1, 0.15) is 0 Å². The summed E-state index contributed by atoms with van der Waals surface area (Å²) < 4.78 is 0. The van der Waals surface area contributed by atoms with Gasteiger partial charge in [-0.15, -0.1) is 11.3 Å². The maximum atomic E-state index is 11.8. The maximum absolute atomic E-state index is 11.8. The Bertz CT molecular complexity index is 781. The van der Waals surface area contributed by atoms with Crippen LogP contribution in [-0.4, -0.2) is 16.8 Å². The van der Waals surface area contributed by atoms with Gasteiger partial charge in [-0.05, 0) is 30.0 Å². The zero-order chi connectivity index (χ0) is 15.7. The molecule has 1 aliphatic rings. The Morgan fingerprint density at radius 3 is 2.73 bits per heavy atom. The highest BCUT2D eigenvalue weighted by Crippen LogP contribution is 2.37. The molecule has 0 bridgehead atoms. The number of carboxylic acid groups (broad SMARTS) is 1. The highest BCUT2D eigenvalue weighted by molar-refractivity contribution is 7.12. The van der Waals surface area contributed by atoms with Gasteiger partial charge in [0, 0.05) is 10.7 Å². The van der Waals surface area contributed by atoms with Crippen molar-refractivity contribution in [2.75, 3.05) is 0 Å². The zero-order valence-electron chi connectivity index (χ0n) is 11.7. The van der Waals surface area contributed by atoms with Gasteiger partial charge in [0.05, 0.1) is 22.1 Å². The fourth-order valence-electron chi connectivity index (χ4n) is 2.54. The summed E-state index contributed by atoms with van der Waals surface area (Å²) in [7, 11) is 0. The molecule has 3 rings (SSSR count). The highest BCUT2D eigenvalue weighted by atomic mass is 35.5. The van der Waals surface area contributed by atoms with Crippen LogP contribution in [0.15, 0.2) is 58.1 Å². The van der Waals surface area contributed by atoms with Crippen LogP contribution in [0.5, 0.6) is 0 Å². The lowest BCUT2D eigenvalue weighted by molar-refractivity contribution is -0.132. The summed E-state index contributed by atoms with van der Waals surface area (Å²) in [6.07, 6.45) is 0. The Labute approximate surface area is 136 Å². The molecule has 0 fully saturated rings. The second-order valence-electron chi connectivity index (χ2n) is 4.88. The van der Waals surface area contributed by atoms with Crippen molar-refractivity contribution in [3.05, 3.63) is 68.5 Å². The largest absolute Gasteiger partial charge is 0.478 e. The lowest BCUT2D eigenvalue weighted by Gasteiger charge is -2.26. The van der Waals surface area contributed by atoms with Crippen molar-refractivity contribution in [2.24, 2.45) is 5.10 Å². The predicted octanol–water partition coefficient (Wildman–Crippen LogP) is 3.85. The summed E-state index contributed by atoms with van der Waals surface area (Å²) in [6, 6.07) is 11.1. The van der Waals surface area contributed by atoms with Gasteiger partial charge in [0.2, 0.25) is 0 Å². The van der Waals surface area contributed by atoms with E-state index < -0.39 is 11.9 Å². The number of hydrogen-bond donors (Lipinski definition) is 2. The van der Waals surface area contributed by atoms with Crippen LogP contribution in [-0.2, 0) is 4.79 Å². The summed E-state index contributed by atoms with van der Waals surface area (Å²) in [5.41, 5.74) is 5.03. The summed E-state index contributed by atoms with van der Waals surface area (Å²) >= 11 is 7.83. The van der Waals surface area contributed by atoms with Crippen molar-refractivity contribution in [2.45, 2.75) is 12.8 Å². The van der Waals surface area contributed by atoms with E-state index >= 15 is 0 Å². The molecular formula is C16H13ClN2O2S. The number of nitrogens with zero attached hydrogens (tertiary/aromatic N) is 1. The van der Waals surface area contributed by atoms with Crippen molar-refractivity contribution in [3.63, 3.8) is 0 Å². The van der Waals surface area contributed by atoms with E-state index in [2.05, 4.69) is 10.5 Å². The third kappa shape index (κ3) is 2.53. The maximum Gasteiger partial charge on any atom is 0.334 e. The van der Waals surface area contributed by atoms with Crippen LogP contribution in [0.1, 0.15) is 23.3 Å². The van der Waals surface area contributed by atoms with Crippen LogP contribution in [0.3, 0.4) is 0 Å². The molecule has 22 heavy (non-hydrogen) atoms. The molecule has 0 aliphatic carbocycles. The highest BCUT2D eigenvalue weighted by Gasteiger charge is 2.34. The molecule has 0 saturated heterocycles. The van der Waals surface area contributed by atoms with Crippen molar-refractivity contribution in [3.8, 4) is 0 Å². The molecule has 0 saturated carbocycles. The Balaban J connectivity index is 2.20. The first kappa shape index (κ1) is 14.8. The summed E-state index contributed by atoms with van der Waals surface area (Å²) in [6.45, 7) is 1.71. The van der Waals surface area contributed by atoms with Crippen LogP contribution in [0.25, 0.3) is 0 Å². The predicted molar refractivity (Wildman–Crippen MR) is 88.5 cm³/mol. The van der Waals surface area contributed by atoms with Crippen LogP contribution in [0, 0.1) is 0 Å². The average Bonchev–Trinajstić information content (AvgIpc) is 3.01. The SMILES string of the molecule is CC1=C(C(=O)O)C(c2ccccc2Cl)C(c2cccs2)=NN1. The number of halogens is 1. The van der Waals surface area contributed by atoms with Crippen molar-refractivity contribution in [1.29, 1.82) is 0 Å². The Kier molecular flexibility index (Phi) is 4.00. The monoisotopic (exact) mass is 332 g/mol. The van der Waals surface area contributed by atoms with Gasteiger partial charge in [-0.3, -0.25) is 5.43 Å². The van der Waals surface area contributed by atoms with E-state index in [1.807, 2.05) is 35.7 Å². The number of carboxylic acids is 1. The third-order valence-electron chi connectivity index (χ3n) is 3.53. The standard InChI is InChI=1S/C16H13ClN2O2S/c1-9-13(16(20)21)14(10-5-2-3-6-11(10)17)15(19-18-9)12-7-4-8-22-12/h2-8,14,18H,1H3,(H,20,21). The molecule has 2 heterocycles. The van der Waals surface area contributed by atoms with Crippen LogP contribution >= 0.6 is 22.9 Å². The number of benzene rings is 1. The molecular weight excluding hydrogens is 320 g/mol. The van der Waals surface area contributed by atoms with E-state index in [0.29, 0.717) is 16.4 Å². The second kappa shape index (κ2) is 5.94. The number of hydrazone groups is 1. The minimum absolute atomic E-state index is 0.270. The number of rotatable bonds is 3. The number of thiophene rings is 1. The first-order valence-corrected chi connectivity index (χ1v) is 7.91. The van der Waals surface area contributed by atoms with E-state index in [1.54, 1.807) is 13.0 Å². The van der Waals surface area contributed by atoms with Crippen molar-refractivity contribution in [1.82, 2.24) is 5.43 Å². The quantitative estimate of drug-likeness (QED) is 0.897. The van der Waals surface area contributed by atoms with Gasteiger partial charge in [-0.1, -0.05) is 35.9 Å². The zero-order valence-corrected chi connectivity index (χ0v) is 13.3. The minimum atomic E-state index is -0.973. The first-order chi connectivity index (χ1) is 10.6. The second-order valence-corrected chi connectivity index (χ2v) is 6.24. The Morgan fingerprint density at radius 1 is 1.32 bits per heavy atom. The summed E-state index contributed by atoms with van der Waals surface area (Å²) in [4.78, 5) is 12.7. The van der Waals surface area contributed by atoms with Gasteiger partial charge in [-0.25, -0.2) is 4.79 Å². The fourth-order valence-corrected chi connectivity index (χ4v) is 3.53. The van der Waals surface area contributed by atoms with Crippen molar-refractivity contribution < 1.29 is 9.90 Å². The van der Waals surface area contributed by atoms with Crippen molar-refractivity contribution >= 4 is 34.6 Å². The van der Waals surface area contributed by atoms with E-state index in [9.17, 15) is 9.90 Å². The van der Waals surface area contributed by atoms with Gasteiger partial charge in [0.15, 0.2) is 0 Å². The first-order valence-electron chi connectivity index (χ1n) is 6.65. The molecule has 4 nitrogen and oxygen atoms in total. The van der Waals surface area contributed by atoms with Crippen LogP contribution in [0.4, 0.5) is 0 Å². The lowest BCUT2D eigenvalue weighted by atomic mass is 9.84. The van der Waals surface area contributed by atoms with E-state index in [4.69, 9.17) is 11.6 Å². The number of nitrogens with one attached hydrogen (secondary N) is 1. The average molecular weight is 333 g/mol. The Hall–Kier alpha value is -2.11. The molecule has 0 radical (unpaired) electrons. The molecule has 1 atom stereocenters. The molecule has 6 heteroatoms. The Morgan fingerprint density at radius 2 is 2.09 bits per heavy atom. The molecule has 0 spiro atoms. The third-order valence-corrected chi connectivity index (χ3v) is 4.77. The minimum Gasteiger partial charge on any atom is -0.478 e. The van der Waals surface area contributed by atoms with Gasteiger partial charge in [-0.2, -0.15) is 5.10 Å². The molecule has 2 N–H and O–H groups in total. The van der Waals surface area contributed by atoms with E-state index in [-0.39, 0.29) is 5.57 Å². The lowest BCUT2D eigenvalue weighted by Crippen LogP contribution is -2.30. The number of allylic oxidation sites excluding steroid dienone is 1. The molecule has 0 amide bonds. The van der Waals surface area contributed by atoms with Crippen LogP contribution in [0.2, 0.25) is 5.02 Å². The molecule has 112 valence electrons. The molecule has 1 aromatic carbocycles. The van der Waals surface area contributed by atoms with Gasteiger partial charge >= 0.3 is 5.97 Å². The van der Waals surface area contributed by atoms with Gasteiger partial charge < -0.3 is 5.11 Å². The topological polar surface area (TPSA) is 61.7 Å². The normalized spacial score (nSPS) is 17.9. The van der Waals surface area contributed by atoms with Gasteiger partial charge in [0.25, 0.3) is 0 Å². The molecule has 1 aliphatic heterocycles. The summed E-state index contributed by atoms with van der Waals surface area (Å²) in [5, 5.41) is 16.5. The molecule has 1 unspecified atom stereocenters. The number of carbonyl (C=O) groups is 1. The molecule has 2 aromatic rings.